The highest BCUT2D eigenvalue weighted by Gasteiger charge is 2.45. The second-order valence-corrected chi connectivity index (χ2v) is 5.95. The summed E-state index contributed by atoms with van der Waals surface area (Å²) in [7, 11) is 0. The van der Waals surface area contributed by atoms with Crippen LogP contribution < -0.4 is 0 Å². The highest BCUT2D eigenvalue weighted by molar-refractivity contribution is 5.73. The Balaban J connectivity index is 1.82. The average molecular weight is 227 g/mol. The van der Waals surface area contributed by atoms with Gasteiger partial charge in [-0.05, 0) is 26.7 Å². The summed E-state index contributed by atoms with van der Waals surface area (Å²) in [4.78, 5) is 13.3. The molecule has 0 unspecified atom stereocenters. The molecule has 0 saturated carbocycles. The Bertz CT molecular complexity index is 274. The van der Waals surface area contributed by atoms with Gasteiger partial charge in [0.2, 0.25) is 0 Å². The van der Waals surface area contributed by atoms with Gasteiger partial charge in [-0.25, -0.2) is 0 Å². The second kappa shape index (κ2) is 4.00. The first-order valence-electron chi connectivity index (χ1n) is 5.97. The number of carboxylic acids is 1. The van der Waals surface area contributed by atoms with Crippen molar-refractivity contribution >= 4 is 5.97 Å². The molecule has 4 nitrogen and oxygen atoms in total. The molecule has 1 N–H and O–H groups in total. The van der Waals surface area contributed by atoms with Gasteiger partial charge in [-0.2, -0.15) is 0 Å². The third-order valence-corrected chi connectivity index (χ3v) is 3.87. The Morgan fingerprint density at radius 2 is 1.94 bits per heavy atom. The molecule has 2 saturated heterocycles. The third-order valence-electron chi connectivity index (χ3n) is 3.87. The first kappa shape index (κ1) is 11.9. The highest BCUT2D eigenvalue weighted by Crippen LogP contribution is 2.40. The van der Waals surface area contributed by atoms with Gasteiger partial charge in [0.25, 0.3) is 0 Å². The van der Waals surface area contributed by atoms with Crippen molar-refractivity contribution in [2.45, 2.75) is 26.7 Å². The zero-order valence-corrected chi connectivity index (χ0v) is 10.2. The predicted octanol–water partition coefficient (Wildman–Crippen LogP) is 1.21. The molecule has 2 rings (SSSR count). The molecular weight excluding hydrogens is 206 g/mol. The van der Waals surface area contributed by atoms with Gasteiger partial charge in [-0.1, -0.05) is 0 Å². The summed E-state index contributed by atoms with van der Waals surface area (Å²) in [6, 6.07) is 0. The van der Waals surface area contributed by atoms with Crippen LogP contribution in [-0.2, 0) is 9.53 Å². The van der Waals surface area contributed by atoms with E-state index in [2.05, 4.69) is 4.90 Å². The van der Waals surface area contributed by atoms with Crippen molar-refractivity contribution in [2.75, 3.05) is 32.8 Å². The molecule has 0 radical (unpaired) electrons. The zero-order chi connectivity index (χ0) is 11.8. The molecule has 1 spiro atoms. The zero-order valence-electron chi connectivity index (χ0n) is 10.2. The fourth-order valence-corrected chi connectivity index (χ4v) is 2.76. The third kappa shape index (κ3) is 2.23. The largest absolute Gasteiger partial charge is 0.481 e. The fourth-order valence-electron chi connectivity index (χ4n) is 2.76. The first-order valence-corrected chi connectivity index (χ1v) is 5.97. The van der Waals surface area contributed by atoms with Gasteiger partial charge in [0.15, 0.2) is 0 Å². The molecule has 2 aliphatic heterocycles. The van der Waals surface area contributed by atoms with E-state index in [4.69, 9.17) is 9.84 Å². The predicted molar refractivity (Wildman–Crippen MR) is 60.3 cm³/mol. The number of aliphatic carboxylic acids is 1. The molecule has 2 fully saturated rings. The van der Waals surface area contributed by atoms with E-state index in [0.29, 0.717) is 12.0 Å². The lowest BCUT2D eigenvalue weighted by Gasteiger charge is -2.53. The Labute approximate surface area is 96.6 Å². The van der Waals surface area contributed by atoms with Gasteiger partial charge >= 0.3 is 5.97 Å². The number of carbonyl (C=O) groups is 1. The lowest BCUT2D eigenvalue weighted by Crippen LogP contribution is -2.60. The van der Waals surface area contributed by atoms with Gasteiger partial charge in [0.1, 0.15) is 0 Å². The number of rotatable bonds is 3. The molecule has 4 heteroatoms. The van der Waals surface area contributed by atoms with E-state index in [1.165, 1.54) is 0 Å². The molecule has 0 aromatic carbocycles. The Hall–Kier alpha value is -0.610. The summed E-state index contributed by atoms with van der Waals surface area (Å²) in [5.41, 5.74) is -0.195. The number of hydrogen-bond acceptors (Lipinski definition) is 3. The summed E-state index contributed by atoms with van der Waals surface area (Å²) in [6.45, 7) is 8.09. The van der Waals surface area contributed by atoms with Crippen LogP contribution in [0.3, 0.4) is 0 Å². The van der Waals surface area contributed by atoms with Crippen LogP contribution in [0.1, 0.15) is 26.7 Å². The van der Waals surface area contributed by atoms with Crippen LogP contribution in [0.25, 0.3) is 0 Å². The first-order chi connectivity index (χ1) is 7.44. The van der Waals surface area contributed by atoms with Crippen LogP contribution >= 0.6 is 0 Å². The van der Waals surface area contributed by atoms with Crippen LogP contribution in [0.2, 0.25) is 0 Å². The lowest BCUT2D eigenvalue weighted by molar-refractivity contribution is -0.152. The minimum absolute atomic E-state index is 0.437. The van der Waals surface area contributed by atoms with Crippen LogP contribution in [0.5, 0.6) is 0 Å². The van der Waals surface area contributed by atoms with Gasteiger partial charge in [0.05, 0.1) is 5.41 Å². The summed E-state index contributed by atoms with van der Waals surface area (Å²) in [5.74, 6) is -0.708. The second-order valence-electron chi connectivity index (χ2n) is 5.95. The number of ether oxygens (including phenoxy) is 1. The number of nitrogens with zero attached hydrogens (tertiary/aromatic N) is 1. The van der Waals surface area contributed by atoms with Crippen molar-refractivity contribution < 1.29 is 14.6 Å². The summed E-state index contributed by atoms with van der Waals surface area (Å²) in [5, 5.41) is 9.06. The van der Waals surface area contributed by atoms with Crippen molar-refractivity contribution in [3.05, 3.63) is 0 Å². The van der Waals surface area contributed by atoms with E-state index in [1.807, 2.05) is 0 Å². The Morgan fingerprint density at radius 3 is 2.44 bits per heavy atom. The van der Waals surface area contributed by atoms with Crippen molar-refractivity contribution in [3.63, 3.8) is 0 Å². The van der Waals surface area contributed by atoms with Gasteiger partial charge in [0, 0.05) is 38.3 Å². The average Bonchev–Trinajstić information content (AvgIpc) is 2.16. The van der Waals surface area contributed by atoms with Gasteiger partial charge in [-0.3, -0.25) is 4.79 Å². The fraction of sp³-hybridized carbons (Fsp3) is 0.917. The Morgan fingerprint density at radius 1 is 1.38 bits per heavy atom. The Kier molecular flexibility index (Phi) is 2.97. The van der Waals surface area contributed by atoms with Gasteiger partial charge in [-0.15, -0.1) is 0 Å². The molecule has 0 aromatic rings. The topological polar surface area (TPSA) is 49.8 Å². The number of carboxylic acid groups (broad SMARTS) is 1. The summed E-state index contributed by atoms with van der Waals surface area (Å²) < 4.78 is 5.36. The standard InChI is InChI=1S/C12H21NO3/c1-11(2,10(14)15)7-13-8-12(9-13)3-5-16-6-4-12/h3-9H2,1-2H3,(H,14,15). The van der Waals surface area contributed by atoms with E-state index in [-0.39, 0.29) is 0 Å². The maximum atomic E-state index is 11.0. The molecule has 0 aliphatic carbocycles. The molecule has 16 heavy (non-hydrogen) atoms. The number of likely N-dealkylation sites (tertiary alicyclic amines) is 1. The molecule has 0 aromatic heterocycles. The van der Waals surface area contributed by atoms with Crippen molar-refractivity contribution in [1.29, 1.82) is 0 Å². The van der Waals surface area contributed by atoms with E-state index in [1.54, 1.807) is 13.8 Å². The molecule has 92 valence electrons. The van der Waals surface area contributed by atoms with E-state index >= 15 is 0 Å². The smallest absolute Gasteiger partial charge is 0.310 e. The quantitative estimate of drug-likeness (QED) is 0.787. The minimum Gasteiger partial charge on any atom is -0.481 e. The van der Waals surface area contributed by atoms with Crippen molar-refractivity contribution in [2.24, 2.45) is 10.8 Å². The molecule has 2 heterocycles. The van der Waals surface area contributed by atoms with E-state index < -0.39 is 11.4 Å². The van der Waals surface area contributed by atoms with Crippen LogP contribution in [0, 0.1) is 10.8 Å². The van der Waals surface area contributed by atoms with Crippen molar-refractivity contribution in [3.8, 4) is 0 Å². The van der Waals surface area contributed by atoms with Crippen LogP contribution in [0.15, 0.2) is 0 Å². The summed E-state index contributed by atoms with van der Waals surface area (Å²) >= 11 is 0. The molecule has 0 amide bonds. The normalized spacial score (nSPS) is 25.4. The van der Waals surface area contributed by atoms with E-state index in [9.17, 15) is 4.79 Å². The van der Waals surface area contributed by atoms with Crippen molar-refractivity contribution in [1.82, 2.24) is 4.90 Å². The van der Waals surface area contributed by atoms with Crippen LogP contribution in [-0.4, -0.2) is 48.8 Å². The van der Waals surface area contributed by atoms with Gasteiger partial charge < -0.3 is 14.7 Å². The maximum absolute atomic E-state index is 11.0. The van der Waals surface area contributed by atoms with E-state index in [0.717, 1.165) is 39.1 Å². The highest BCUT2D eigenvalue weighted by atomic mass is 16.5. The molecule has 0 bridgehead atoms. The minimum atomic E-state index is -0.708. The SMILES string of the molecule is CC(C)(CN1CC2(CCOCC2)C1)C(=O)O. The molecule has 2 aliphatic rings. The molecule has 0 atom stereocenters. The van der Waals surface area contributed by atoms with Crippen LogP contribution in [0.4, 0.5) is 0 Å². The number of hydrogen-bond donors (Lipinski definition) is 1. The summed E-state index contributed by atoms with van der Waals surface area (Å²) in [6.07, 6.45) is 2.27. The maximum Gasteiger partial charge on any atom is 0.310 e. The molecular formula is C12H21NO3. The lowest BCUT2D eigenvalue weighted by atomic mass is 9.72. The monoisotopic (exact) mass is 227 g/mol.